The molecule has 0 heterocycles. The lowest BCUT2D eigenvalue weighted by molar-refractivity contribution is 0.0600. The Morgan fingerprint density at radius 3 is 1.72 bits per heavy atom. The van der Waals surface area contributed by atoms with Crippen LogP contribution < -0.4 is 0 Å². The van der Waals surface area contributed by atoms with Gasteiger partial charge in [0.15, 0.2) is 5.78 Å². The maximum Gasteiger partial charge on any atom is 0.337 e. The van der Waals surface area contributed by atoms with Crippen LogP contribution >= 0.6 is 0 Å². The van der Waals surface area contributed by atoms with E-state index in [1.54, 1.807) is 74.9 Å². The summed E-state index contributed by atoms with van der Waals surface area (Å²) in [4.78, 5) is 23.4. The van der Waals surface area contributed by atoms with Gasteiger partial charge in [-0.05, 0) is 97.6 Å². The lowest BCUT2D eigenvalue weighted by Gasteiger charge is -2.31. The fourth-order valence-electron chi connectivity index (χ4n) is 6.74. The average molecular weight is 390 g/mol. The minimum atomic E-state index is -0.441. The molecule has 0 aromatic heterocycles. The molecule has 7 rings (SSSR count). The molecule has 4 bridgehead atoms. The molecule has 0 amide bonds. The number of rotatable bonds is 3. The van der Waals surface area contributed by atoms with Crippen LogP contribution in [0.15, 0.2) is 48.5 Å². The second-order valence-electron chi connectivity index (χ2n) is 9.47. The number of phenols is 1. The zero-order valence-electron chi connectivity index (χ0n) is 16.7. The van der Waals surface area contributed by atoms with Crippen LogP contribution in [-0.2, 0) is 4.74 Å². The number of phenolic OH excluding ortho intramolecular Hbond substituents is 1. The first kappa shape index (κ1) is 18.4. The van der Waals surface area contributed by atoms with Gasteiger partial charge in [-0.2, -0.15) is 0 Å². The molecule has 0 atom stereocenters. The molecule has 2 spiro atoms. The zero-order chi connectivity index (χ0) is 20.2. The monoisotopic (exact) mass is 390 g/mol. The van der Waals surface area contributed by atoms with Gasteiger partial charge < -0.3 is 9.84 Å². The van der Waals surface area contributed by atoms with Crippen LogP contribution in [0.5, 0.6) is 5.75 Å². The van der Waals surface area contributed by atoms with Gasteiger partial charge in [0.25, 0.3) is 0 Å². The molecule has 0 saturated heterocycles. The van der Waals surface area contributed by atoms with Crippen molar-refractivity contribution in [2.45, 2.75) is 38.5 Å². The summed E-state index contributed by atoms with van der Waals surface area (Å²) in [5.74, 6) is 1.89. The van der Waals surface area contributed by atoms with Crippen LogP contribution in [0.4, 0.5) is 0 Å². The Balaban J connectivity index is 0.000000148. The molecule has 5 saturated carbocycles. The lowest BCUT2D eigenvalue weighted by Crippen LogP contribution is -2.20. The maximum absolute atomic E-state index is 12.1. The Morgan fingerprint density at radius 1 is 0.828 bits per heavy atom. The lowest BCUT2D eigenvalue weighted by atomic mass is 9.74. The van der Waals surface area contributed by atoms with Crippen LogP contribution in [-0.4, -0.2) is 24.0 Å². The molecule has 4 nitrogen and oxygen atoms in total. The van der Waals surface area contributed by atoms with Crippen LogP contribution in [0.3, 0.4) is 0 Å². The summed E-state index contributed by atoms with van der Waals surface area (Å²) < 4.78 is 4.58. The number of aromatic hydroxyl groups is 1. The van der Waals surface area contributed by atoms with E-state index in [-0.39, 0.29) is 11.5 Å². The molecule has 4 heteroatoms. The maximum atomic E-state index is 12.1. The molecular formula is C25H26O4. The van der Waals surface area contributed by atoms with Crippen molar-refractivity contribution in [3.63, 3.8) is 0 Å². The van der Waals surface area contributed by atoms with Crippen molar-refractivity contribution in [3.8, 4) is 5.75 Å². The third-order valence-electron chi connectivity index (χ3n) is 7.76. The summed E-state index contributed by atoms with van der Waals surface area (Å²) in [6.45, 7) is 0. The van der Waals surface area contributed by atoms with Crippen molar-refractivity contribution >= 4 is 11.8 Å². The summed E-state index contributed by atoms with van der Waals surface area (Å²) in [5, 5.41) is 9.17. The highest BCUT2D eigenvalue weighted by Crippen LogP contribution is 2.87. The first-order valence-electron chi connectivity index (χ1n) is 10.5. The predicted octanol–water partition coefficient (Wildman–Crippen LogP) is 5.00. The quantitative estimate of drug-likeness (QED) is 0.592. The molecule has 5 fully saturated rings. The molecule has 150 valence electrons. The van der Waals surface area contributed by atoms with Crippen molar-refractivity contribution in [2.24, 2.45) is 22.7 Å². The van der Waals surface area contributed by atoms with Crippen molar-refractivity contribution in [1.29, 1.82) is 0 Å². The number of carbonyl (C=O) groups excluding carboxylic acids is 2. The van der Waals surface area contributed by atoms with E-state index in [9.17, 15) is 14.7 Å². The Bertz CT molecular complexity index is 923. The minimum absolute atomic E-state index is 0.109. The Kier molecular flexibility index (Phi) is 4.09. The number of methoxy groups -OCH3 is 1. The van der Waals surface area contributed by atoms with Crippen LogP contribution in [0.1, 0.15) is 64.8 Å². The fourth-order valence-corrected chi connectivity index (χ4v) is 6.74. The number of esters is 1. The SMILES string of the molecule is C1C2CC34CC1CC3(C2)C4.COC(=O)c1ccc(C(=O)c2ccc(O)cc2)cc1. The summed E-state index contributed by atoms with van der Waals surface area (Å²) in [7, 11) is 1.30. The molecule has 5 aliphatic rings. The van der Waals surface area contributed by atoms with Crippen LogP contribution in [0.2, 0.25) is 0 Å². The topological polar surface area (TPSA) is 63.6 Å². The Morgan fingerprint density at radius 2 is 1.28 bits per heavy atom. The van der Waals surface area contributed by atoms with Gasteiger partial charge in [0.2, 0.25) is 0 Å². The molecule has 2 aromatic carbocycles. The van der Waals surface area contributed by atoms with Gasteiger partial charge in [-0.15, -0.1) is 0 Å². The van der Waals surface area contributed by atoms with E-state index >= 15 is 0 Å². The van der Waals surface area contributed by atoms with Gasteiger partial charge >= 0.3 is 5.97 Å². The van der Waals surface area contributed by atoms with E-state index in [4.69, 9.17) is 0 Å². The second-order valence-corrected chi connectivity index (χ2v) is 9.47. The van der Waals surface area contributed by atoms with Crippen molar-refractivity contribution < 1.29 is 19.4 Å². The average Bonchev–Trinajstić information content (AvgIpc) is 3.12. The van der Waals surface area contributed by atoms with Crippen molar-refractivity contribution in [2.75, 3.05) is 7.11 Å². The highest BCUT2D eigenvalue weighted by atomic mass is 16.5. The molecular weight excluding hydrogens is 364 g/mol. The third-order valence-corrected chi connectivity index (χ3v) is 7.76. The van der Waals surface area contributed by atoms with E-state index in [2.05, 4.69) is 4.74 Å². The van der Waals surface area contributed by atoms with Crippen molar-refractivity contribution in [3.05, 3.63) is 65.2 Å². The number of ether oxygens (including phenoxy) is 1. The van der Waals surface area contributed by atoms with Crippen LogP contribution in [0.25, 0.3) is 0 Å². The molecule has 0 aliphatic heterocycles. The van der Waals surface area contributed by atoms with Gasteiger partial charge in [0.1, 0.15) is 5.75 Å². The molecule has 2 aromatic rings. The molecule has 0 unspecified atom stereocenters. The fraction of sp³-hybridized carbons (Fsp3) is 0.440. The zero-order valence-corrected chi connectivity index (χ0v) is 16.7. The highest BCUT2D eigenvalue weighted by molar-refractivity contribution is 6.09. The number of benzene rings is 2. The van der Waals surface area contributed by atoms with Crippen LogP contribution in [0, 0.1) is 22.7 Å². The molecule has 5 aliphatic carbocycles. The first-order chi connectivity index (χ1) is 13.9. The number of ketones is 1. The number of hydrogen-bond donors (Lipinski definition) is 1. The summed E-state index contributed by atoms with van der Waals surface area (Å²) in [6.07, 6.45) is 9.83. The van der Waals surface area contributed by atoms with E-state index in [0.717, 1.165) is 10.8 Å². The van der Waals surface area contributed by atoms with Gasteiger partial charge in [0.05, 0.1) is 12.7 Å². The van der Waals surface area contributed by atoms with Gasteiger partial charge in [-0.3, -0.25) is 4.79 Å². The normalized spacial score (nSPS) is 32.2. The molecule has 1 N–H and O–H groups in total. The number of carbonyl (C=O) groups is 2. The van der Waals surface area contributed by atoms with Gasteiger partial charge in [0, 0.05) is 11.1 Å². The molecule has 29 heavy (non-hydrogen) atoms. The van der Waals surface area contributed by atoms with Crippen molar-refractivity contribution in [1.82, 2.24) is 0 Å². The summed E-state index contributed by atoms with van der Waals surface area (Å²) in [6, 6.07) is 12.2. The Labute approximate surface area is 170 Å². The van der Waals surface area contributed by atoms with Gasteiger partial charge in [-0.25, -0.2) is 4.79 Å². The van der Waals surface area contributed by atoms with E-state index in [1.807, 2.05) is 0 Å². The third kappa shape index (κ3) is 2.97. The van der Waals surface area contributed by atoms with E-state index in [1.165, 1.54) is 31.1 Å². The second kappa shape index (κ2) is 6.45. The van der Waals surface area contributed by atoms with Gasteiger partial charge in [-0.1, -0.05) is 12.1 Å². The summed E-state index contributed by atoms with van der Waals surface area (Å²) >= 11 is 0. The van der Waals surface area contributed by atoms with E-state index in [0.29, 0.717) is 16.7 Å². The smallest absolute Gasteiger partial charge is 0.337 e. The minimum Gasteiger partial charge on any atom is -0.508 e. The summed E-state index contributed by atoms with van der Waals surface area (Å²) in [5.41, 5.74) is 3.29. The Hall–Kier alpha value is -2.62. The largest absolute Gasteiger partial charge is 0.508 e. The standard InChI is InChI=1S/C15H12O4.C10H14/c1-19-15(18)12-4-2-10(3-5-12)14(17)11-6-8-13(16)9-7-11;1-7-2-9-4-8(1)5-10(9,3-7)6-9/h2-9,16H,1H3;7-8H,1-6H2. The molecule has 0 radical (unpaired) electrons. The first-order valence-corrected chi connectivity index (χ1v) is 10.5. The van der Waals surface area contributed by atoms with E-state index < -0.39 is 5.97 Å². The number of hydrogen-bond acceptors (Lipinski definition) is 4. The highest BCUT2D eigenvalue weighted by Gasteiger charge is 2.77. The predicted molar refractivity (Wildman–Crippen MR) is 109 cm³/mol.